The maximum absolute atomic E-state index is 5.55. The van der Waals surface area contributed by atoms with Crippen LogP contribution in [0.25, 0.3) is 0 Å². The Labute approximate surface area is 132 Å². The van der Waals surface area contributed by atoms with Gasteiger partial charge in [0.1, 0.15) is 0 Å². The first-order valence-electron chi connectivity index (χ1n) is 8.55. The first kappa shape index (κ1) is 20.4. The zero-order valence-corrected chi connectivity index (χ0v) is 14.7. The van der Waals surface area contributed by atoms with E-state index in [1.807, 2.05) is 0 Å². The molecule has 21 heavy (non-hydrogen) atoms. The van der Waals surface area contributed by atoms with Crippen LogP contribution in [0.1, 0.15) is 72.6 Å². The Bertz CT molecular complexity index is 243. The molecule has 0 atom stereocenters. The van der Waals surface area contributed by atoms with Gasteiger partial charge in [0.2, 0.25) is 0 Å². The van der Waals surface area contributed by atoms with E-state index in [-0.39, 0.29) is 0 Å². The summed E-state index contributed by atoms with van der Waals surface area (Å²) in [4.78, 5) is 0. The SMILES string of the molecule is CC(C)=CCOCCCCCCCCCOCC=C(C)C. The second-order valence-electron chi connectivity index (χ2n) is 6.19. The van der Waals surface area contributed by atoms with E-state index in [2.05, 4.69) is 39.8 Å². The predicted octanol–water partition coefficient (Wildman–Crippen LogP) is 5.68. The van der Waals surface area contributed by atoms with Crippen LogP contribution in [-0.4, -0.2) is 26.4 Å². The second kappa shape index (κ2) is 15.8. The lowest BCUT2D eigenvalue weighted by Crippen LogP contribution is -1.96. The Kier molecular flexibility index (Phi) is 15.3. The van der Waals surface area contributed by atoms with Crippen LogP contribution in [-0.2, 0) is 9.47 Å². The molecule has 0 unspecified atom stereocenters. The highest BCUT2D eigenvalue weighted by molar-refractivity contribution is 4.93. The fraction of sp³-hybridized carbons (Fsp3) is 0.789. The quantitative estimate of drug-likeness (QED) is 0.303. The van der Waals surface area contributed by atoms with Crippen molar-refractivity contribution >= 4 is 0 Å². The Morgan fingerprint density at radius 2 is 0.905 bits per heavy atom. The first-order valence-corrected chi connectivity index (χ1v) is 8.55. The van der Waals surface area contributed by atoms with Gasteiger partial charge in [0.05, 0.1) is 13.2 Å². The molecular weight excluding hydrogens is 260 g/mol. The Morgan fingerprint density at radius 3 is 1.24 bits per heavy atom. The van der Waals surface area contributed by atoms with Crippen LogP contribution in [0.5, 0.6) is 0 Å². The average Bonchev–Trinajstić information content (AvgIpc) is 2.42. The van der Waals surface area contributed by atoms with E-state index >= 15 is 0 Å². The molecule has 0 fully saturated rings. The maximum atomic E-state index is 5.55. The largest absolute Gasteiger partial charge is 0.377 e. The number of hydrogen-bond acceptors (Lipinski definition) is 2. The van der Waals surface area contributed by atoms with Crippen LogP contribution in [0.2, 0.25) is 0 Å². The highest BCUT2D eigenvalue weighted by atomic mass is 16.5. The molecule has 0 saturated carbocycles. The fourth-order valence-corrected chi connectivity index (χ4v) is 1.91. The van der Waals surface area contributed by atoms with Gasteiger partial charge in [0.15, 0.2) is 0 Å². The molecule has 0 aromatic rings. The van der Waals surface area contributed by atoms with Crippen molar-refractivity contribution in [2.45, 2.75) is 72.6 Å². The van der Waals surface area contributed by atoms with Crippen molar-refractivity contribution in [3.63, 3.8) is 0 Å². The molecule has 0 N–H and O–H groups in total. The van der Waals surface area contributed by atoms with Gasteiger partial charge in [-0.1, -0.05) is 55.4 Å². The van der Waals surface area contributed by atoms with E-state index in [1.165, 1.54) is 56.1 Å². The molecule has 0 aromatic carbocycles. The molecule has 0 saturated heterocycles. The highest BCUT2D eigenvalue weighted by Crippen LogP contribution is 2.07. The Morgan fingerprint density at radius 1 is 0.571 bits per heavy atom. The zero-order chi connectivity index (χ0) is 15.8. The molecule has 0 spiro atoms. The van der Waals surface area contributed by atoms with Gasteiger partial charge in [-0.3, -0.25) is 0 Å². The minimum atomic E-state index is 0.773. The van der Waals surface area contributed by atoms with E-state index in [0.29, 0.717) is 0 Å². The number of ether oxygens (including phenoxy) is 2. The lowest BCUT2D eigenvalue weighted by molar-refractivity contribution is 0.155. The third kappa shape index (κ3) is 19.4. The summed E-state index contributed by atoms with van der Waals surface area (Å²) in [5.41, 5.74) is 2.67. The van der Waals surface area contributed by atoms with Gasteiger partial charge in [-0.2, -0.15) is 0 Å². The summed E-state index contributed by atoms with van der Waals surface area (Å²) in [6.45, 7) is 11.8. The summed E-state index contributed by atoms with van der Waals surface area (Å²) in [7, 11) is 0. The molecule has 0 aliphatic heterocycles. The molecule has 124 valence electrons. The summed E-state index contributed by atoms with van der Waals surface area (Å²) in [5, 5.41) is 0. The van der Waals surface area contributed by atoms with Gasteiger partial charge in [0, 0.05) is 13.2 Å². The summed E-state index contributed by atoms with van der Waals surface area (Å²) in [6, 6.07) is 0. The van der Waals surface area contributed by atoms with Gasteiger partial charge in [-0.25, -0.2) is 0 Å². The standard InChI is InChI=1S/C19H36O2/c1-18(2)12-16-20-14-10-8-6-5-7-9-11-15-21-17-13-19(3)4/h12-13H,5-11,14-17H2,1-4H3. The monoisotopic (exact) mass is 296 g/mol. The van der Waals surface area contributed by atoms with Gasteiger partial charge in [-0.05, 0) is 40.5 Å². The molecule has 0 amide bonds. The van der Waals surface area contributed by atoms with Crippen LogP contribution in [0.4, 0.5) is 0 Å². The van der Waals surface area contributed by atoms with Gasteiger partial charge < -0.3 is 9.47 Å². The van der Waals surface area contributed by atoms with Crippen LogP contribution >= 0.6 is 0 Å². The molecule has 2 nitrogen and oxygen atoms in total. The maximum Gasteiger partial charge on any atom is 0.0649 e. The summed E-state index contributed by atoms with van der Waals surface area (Å²) in [5.74, 6) is 0. The number of allylic oxidation sites excluding steroid dienone is 2. The van der Waals surface area contributed by atoms with Crippen LogP contribution in [0.3, 0.4) is 0 Å². The average molecular weight is 296 g/mol. The van der Waals surface area contributed by atoms with Crippen LogP contribution in [0, 0.1) is 0 Å². The summed E-state index contributed by atoms with van der Waals surface area (Å²) < 4.78 is 11.1. The molecule has 0 aromatic heterocycles. The lowest BCUT2D eigenvalue weighted by Gasteiger charge is -2.04. The van der Waals surface area contributed by atoms with Crippen LogP contribution in [0.15, 0.2) is 23.3 Å². The fourth-order valence-electron chi connectivity index (χ4n) is 1.91. The predicted molar refractivity (Wildman–Crippen MR) is 92.8 cm³/mol. The molecule has 2 heteroatoms. The van der Waals surface area contributed by atoms with E-state index in [1.54, 1.807) is 0 Å². The Balaban J connectivity index is 3.06. The van der Waals surface area contributed by atoms with Crippen molar-refractivity contribution in [3.8, 4) is 0 Å². The summed E-state index contributed by atoms with van der Waals surface area (Å²) in [6.07, 6.45) is 13.3. The van der Waals surface area contributed by atoms with Gasteiger partial charge >= 0.3 is 0 Å². The van der Waals surface area contributed by atoms with Crippen molar-refractivity contribution in [1.29, 1.82) is 0 Å². The lowest BCUT2D eigenvalue weighted by atomic mass is 10.1. The third-order valence-electron chi connectivity index (χ3n) is 3.30. The molecule has 0 aliphatic carbocycles. The first-order chi connectivity index (χ1) is 10.1. The molecule has 0 radical (unpaired) electrons. The molecule has 0 bridgehead atoms. The number of hydrogen-bond donors (Lipinski definition) is 0. The van der Waals surface area contributed by atoms with Gasteiger partial charge in [-0.15, -0.1) is 0 Å². The van der Waals surface area contributed by atoms with Crippen molar-refractivity contribution in [3.05, 3.63) is 23.3 Å². The molecule has 0 aliphatic rings. The second-order valence-corrected chi connectivity index (χ2v) is 6.19. The van der Waals surface area contributed by atoms with Crippen molar-refractivity contribution in [2.75, 3.05) is 26.4 Å². The number of rotatable bonds is 14. The molecular formula is C19H36O2. The minimum absolute atomic E-state index is 0.773. The third-order valence-corrected chi connectivity index (χ3v) is 3.30. The van der Waals surface area contributed by atoms with Crippen molar-refractivity contribution < 1.29 is 9.47 Å². The van der Waals surface area contributed by atoms with Crippen LogP contribution < -0.4 is 0 Å². The van der Waals surface area contributed by atoms with E-state index in [4.69, 9.17) is 9.47 Å². The highest BCUT2D eigenvalue weighted by Gasteiger charge is 1.93. The molecule has 0 rings (SSSR count). The minimum Gasteiger partial charge on any atom is -0.377 e. The number of unbranched alkanes of at least 4 members (excludes halogenated alkanes) is 6. The smallest absolute Gasteiger partial charge is 0.0649 e. The van der Waals surface area contributed by atoms with E-state index in [9.17, 15) is 0 Å². The van der Waals surface area contributed by atoms with Crippen molar-refractivity contribution in [1.82, 2.24) is 0 Å². The Hall–Kier alpha value is -0.600. The van der Waals surface area contributed by atoms with E-state index in [0.717, 1.165) is 26.4 Å². The normalized spacial score (nSPS) is 10.5. The van der Waals surface area contributed by atoms with E-state index < -0.39 is 0 Å². The van der Waals surface area contributed by atoms with Crippen molar-refractivity contribution in [2.24, 2.45) is 0 Å². The topological polar surface area (TPSA) is 18.5 Å². The summed E-state index contributed by atoms with van der Waals surface area (Å²) >= 11 is 0. The molecule has 0 heterocycles. The zero-order valence-electron chi connectivity index (χ0n) is 14.7. The van der Waals surface area contributed by atoms with Gasteiger partial charge in [0.25, 0.3) is 0 Å².